The molecule has 0 unspecified atom stereocenters. The topological polar surface area (TPSA) is 12.0 Å². The monoisotopic (exact) mass is 195 g/mol. The van der Waals surface area contributed by atoms with E-state index in [2.05, 4.69) is 18.3 Å². The second-order valence-corrected chi connectivity index (χ2v) is 4.22. The molecule has 1 nitrogen and oxygen atoms in total. The van der Waals surface area contributed by atoms with Crippen LogP contribution in [0.1, 0.15) is 18.4 Å². The lowest BCUT2D eigenvalue weighted by atomic mass is 10.2. The number of anilines is 1. The first-order valence-electron chi connectivity index (χ1n) is 4.76. The summed E-state index contributed by atoms with van der Waals surface area (Å²) in [5.74, 6) is 0.912. The average Bonchev–Trinajstić information content (AvgIpc) is 2.86. The highest BCUT2D eigenvalue weighted by Gasteiger charge is 2.20. The number of hydrogen-bond donors (Lipinski definition) is 1. The lowest BCUT2D eigenvalue weighted by Crippen LogP contribution is -2.04. The minimum Gasteiger partial charge on any atom is -0.385 e. The molecular weight excluding hydrogens is 182 g/mol. The largest absolute Gasteiger partial charge is 0.385 e. The van der Waals surface area contributed by atoms with Crippen molar-refractivity contribution in [3.8, 4) is 0 Å². The molecule has 13 heavy (non-hydrogen) atoms. The van der Waals surface area contributed by atoms with Crippen molar-refractivity contribution >= 4 is 17.3 Å². The number of rotatable bonds is 3. The summed E-state index contributed by atoms with van der Waals surface area (Å²) in [5.41, 5.74) is 2.45. The van der Waals surface area contributed by atoms with Crippen molar-refractivity contribution in [3.05, 3.63) is 28.8 Å². The summed E-state index contributed by atoms with van der Waals surface area (Å²) in [6.07, 6.45) is 2.78. The van der Waals surface area contributed by atoms with Crippen LogP contribution in [0.3, 0.4) is 0 Å². The molecule has 1 N–H and O–H groups in total. The van der Waals surface area contributed by atoms with Gasteiger partial charge in [-0.1, -0.05) is 11.6 Å². The Labute approximate surface area is 84.1 Å². The van der Waals surface area contributed by atoms with E-state index >= 15 is 0 Å². The Bertz CT molecular complexity index is 305. The summed E-state index contributed by atoms with van der Waals surface area (Å²) < 4.78 is 0. The number of aryl methyl sites for hydroxylation is 1. The third-order valence-electron chi connectivity index (χ3n) is 2.47. The van der Waals surface area contributed by atoms with Crippen LogP contribution in [0.25, 0.3) is 0 Å². The van der Waals surface area contributed by atoms with Gasteiger partial charge in [-0.15, -0.1) is 0 Å². The highest BCUT2D eigenvalue weighted by Crippen LogP contribution is 2.29. The minimum atomic E-state index is 0.814. The molecule has 1 aromatic rings. The van der Waals surface area contributed by atoms with Crippen LogP contribution in [0, 0.1) is 12.8 Å². The number of nitrogens with one attached hydrogen (secondary N) is 1. The van der Waals surface area contributed by atoms with Gasteiger partial charge in [-0.2, -0.15) is 0 Å². The van der Waals surface area contributed by atoms with Gasteiger partial charge in [0.1, 0.15) is 0 Å². The second kappa shape index (κ2) is 3.59. The predicted molar refractivity (Wildman–Crippen MR) is 57.4 cm³/mol. The first-order chi connectivity index (χ1) is 6.25. The molecule has 1 aliphatic rings. The first kappa shape index (κ1) is 8.89. The number of halogens is 1. The van der Waals surface area contributed by atoms with Crippen LogP contribution >= 0.6 is 11.6 Å². The Morgan fingerprint density at radius 3 is 2.85 bits per heavy atom. The van der Waals surface area contributed by atoms with Gasteiger partial charge >= 0.3 is 0 Å². The Morgan fingerprint density at radius 2 is 2.23 bits per heavy atom. The molecule has 0 amide bonds. The molecule has 70 valence electrons. The van der Waals surface area contributed by atoms with Crippen molar-refractivity contribution in [2.45, 2.75) is 19.8 Å². The molecule has 2 rings (SSSR count). The van der Waals surface area contributed by atoms with Gasteiger partial charge < -0.3 is 5.32 Å². The van der Waals surface area contributed by atoms with Gasteiger partial charge in [-0.25, -0.2) is 0 Å². The van der Waals surface area contributed by atoms with Crippen LogP contribution in [0.4, 0.5) is 5.69 Å². The molecule has 0 heterocycles. The maximum absolute atomic E-state index is 5.86. The molecule has 2 heteroatoms. The SMILES string of the molecule is Cc1cc(Cl)ccc1NCC1CC1. The molecule has 0 atom stereocenters. The number of benzene rings is 1. The Hall–Kier alpha value is -0.690. The van der Waals surface area contributed by atoms with Gasteiger partial charge in [-0.05, 0) is 49.4 Å². The van der Waals surface area contributed by atoms with Gasteiger partial charge in [0.15, 0.2) is 0 Å². The third-order valence-corrected chi connectivity index (χ3v) is 2.70. The van der Waals surface area contributed by atoms with E-state index in [4.69, 9.17) is 11.6 Å². The summed E-state index contributed by atoms with van der Waals surface area (Å²) in [6.45, 7) is 3.20. The van der Waals surface area contributed by atoms with Crippen LogP contribution in [0.15, 0.2) is 18.2 Å². The zero-order valence-electron chi connectivity index (χ0n) is 7.81. The van der Waals surface area contributed by atoms with Crippen molar-refractivity contribution in [1.82, 2.24) is 0 Å². The second-order valence-electron chi connectivity index (χ2n) is 3.78. The third kappa shape index (κ3) is 2.38. The van der Waals surface area contributed by atoms with Gasteiger partial charge in [0, 0.05) is 17.3 Å². The minimum absolute atomic E-state index is 0.814. The fourth-order valence-corrected chi connectivity index (χ4v) is 1.63. The maximum atomic E-state index is 5.86. The predicted octanol–water partition coefficient (Wildman–Crippen LogP) is 3.47. The summed E-state index contributed by atoms with van der Waals surface area (Å²) in [6, 6.07) is 5.99. The zero-order valence-corrected chi connectivity index (χ0v) is 8.56. The van der Waals surface area contributed by atoms with Gasteiger partial charge in [0.2, 0.25) is 0 Å². The molecule has 1 saturated carbocycles. The maximum Gasteiger partial charge on any atom is 0.0410 e. The molecule has 0 saturated heterocycles. The number of hydrogen-bond acceptors (Lipinski definition) is 1. The molecule has 0 radical (unpaired) electrons. The molecular formula is C11H14ClN. The van der Waals surface area contributed by atoms with E-state index in [1.807, 2.05) is 12.1 Å². The summed E-state index contributed by atoms with van der Waals surface area (Å²) in [7, 11) is 0. The Kier molecular flexibility index (Phi) is 2.45. The smallest absolute Gasteiger partial charge is 0.0410 e. The van der Waals surface area contributed by atoms with Crippen molar-refractivity contribution < 1.29 is 0 Å². The van der Waals surface area contributed by atoms with Crippen LogP contribution < -0.4 is 5.32 Å². The van der Waals surface area contributed by atoms with Crippen LogP contribution in [0.5, 0.6) is 0 Å². The highest BCUT2D eigenvalue weighted by atomic mass is 35.5. The lowest BCUT2D eigenvalue weighted by Gasteiger charge is -2.08. The van der Waals surface area contributed by atoms with Crippen LogP contribution in [-0.2, 0) is 0 Å². The molecule has 0 aliphatic heterocycles. The summed E-state index contributed by atoms with van der Waals surface area (Å²) in [5, 5.41) is 4.26. The van der Waals surface area contributed by atoms with Gasteiger partial charge in [0.05, 0.1) is 0 Å². The fraction of sp³-hybridized carbons (Fsp3) is 0.455. The normalized spacial score (nSPS) is 15.8. The molecule has 0 aromatic heterocycles. The summed E-state index contributed by atoms with van der Waals surface area (Å²) in [4.78, 5) is 0. The van der Waals surface area contributed by atoms with Gasteiger partial charge in [-0.3, -0.25) is 0 Å². The molecule has 1 aromatic carbocycles. The van der Waals surface area contributed by atoms with E-state index in [1.165, 1.54) is 24.1 Å². The molecule has 0 bridgehead atoms. The van der Waals surface area contributed by atoms with E-state index in [0.29, 0.717) is 0 Å². The quantitative estimate of drug-likeness (QED) is 0.779. The van der Waals surface area contributed by atoms with Crippen molar-refractivity contribution in [2.24, 2.45) is 5.92 Å². The standard InChI is InChI=1S/C11H14ClN/c1-8-6-10(12)4-5-11(8)13-7-9-2-3-9/h4-6,9,13H,2-3,7H2,1H3. The van der Waals surface area contributed by atoms with E-state index in [-0.39, 0.29) is 0 Å². The van der Waals surface area contributed by atoms with E-state index < -0.39 is 0 Å². The van der Waals surface area contributed by atoms with Crippen molar-refractivity contribution in [3.63, 3.8) is 0 Å². The summed E-state index contributed by atoms with van der Waals surface area (Å²) >= 11 is 5.86. The van der Waals surface area contributed by atoms with Crippen LogP contribution in [-0.4, -0.2) is 6.54 Å². The average molecular weight is 196 g/mol. The van der Waals surface area contributed by atoms with Crippen molar-refractivity contribution in [2.75, 3.05) is 11.9 Å². The Balaban J connectivity index is 2.01. The van der Waals surface area contributed by atoms with Crippen LogP contribution in [0.2, 0.25) is 5.02 Å². The lowest BCUT2D eigenvalue weighted by molar-refractivity contribution is 0.888. The Morgan fingerprint density at radius 1 is 1.46 bits per heavy atom. The molecule has 0 spiro atoms. The van der Waals surface area contributed by atoms with E-state index in [0.717, 1.165) is 17.5 Å². The van der Waals surface area contributed by atoms with Gasteiger partial charge in [0.25, 0.3) is 0 Å². The first-order valence-corrected chi connectivity index (χ1v) is 5.13. The zero-order chi connectivity index (χ0) is 9.26. The fourth-order valence-electron chi connectivity index (χ4n) is 1.40. The highest BCUT2D eigenvalue weighted by molar-refractivity contribution is 6.30. The molecule has 1 aliphatic carbocycles. The van der Waals surface area contributed by atoms with E-state index in [9.17, 15) is 0 Å². The van der Waals surface area contributed by atoms with E-state index in [1.54, 1.807) is 0 Å². The molecule has 1 fully saturated rings. The van der Waals surface area contributed by atoms with Crippen molar-refractivity contribution in [1.29, 1.82) is 0 Å².